The molecule has 2 rings (SSSR count). The molecule has 0 unspecified atom stereocenters. The fourth-order valence-corrected chi connectivity index (χ4v) is 1.39. The summed E-state index contributed by atoms with van der Waals surface area (Å²) in [5.74, 6) is -1.26. The Morgan fingerprint density at radius 1 is 1.26 bits per heavy atom. The van der Waals surface area contributed by atoms with Crippen LogP contribution in [-0.4, -0.2) is 5.97 Å². The molecule has 1 aromatic heterocycles. The van der Waals surface area contributed by atoms with Gasteiger partial charge in [0.2, 0.25) is 5.88 Å². The number of halogens is 3. The van der Waals surface area contributed by atoms with Crippen LogP contribution in [0.25, 0.3) is 0 Å². The second kappa shape index (κ2) is 4.68. The summed E-state index contributed by atoms with van der Waals surface area (Å²) in [7, 11) is 0. The third-order valence-corrected chi connectivity index (χ3v) is 2.29. The molecule has 2 N–H and O–H groups in total. The average molecular weight is 271 g/mol. The number of furan rings is 1. The number of nitrogen functional groups attached to an aromatic ring is 1. The van der Waals surface area contributed by atoms with Crippen LogP contribution in [0.4, 0.5) is 19.1 Å². The summed E-state index contributed by atoms with van der Waals surface area (Å²) in [6.45, 7) is 0. The summed E-state index contributed by atoms with van der Waals surface area (Å²) in [4.78, 5) is 11.6. The lowest BCUT2D eigenvalue weighted by atomic mass is 10.2. The van der Waals surface area contributed by atoms with E-state index in [2.05, 4.69) is 0 Å². The number of benzene rings is 1. The molecular weight excluding hydrogens is 263 g/mol. The molecule has 4 nitrogen and oxygen atoms in total. The van der Waals surface area contributed by atoms with Crippen molar-refractivity contribution >= 4 is 11.9 Å². The van der Waals surface area contributed by atoms with Gasteiger partial charge >= 0.3 is 12.1 Å². The Balaban J connectivity index is 2.21. The monoisotopic (exact) mass is 271 g/mol. The molecule has 0 atom stereocenters. The predicted octanol–water partition coefficient (Wildman–Crippen LogP) is 3.10. The molecule has 1 heterocycles. The second-order valence-corrected chi connectivity index (χ2v) is 3.61. The molecule has 0 spiro atoms. The van der Waals surface area contributed by atoms with Gasteiger partial charge in [-0.2, -0.15) is 13.2 Å². The van der Waals surface area contributed by atoms with Crippen molar-refractivity contribution in [2.45, 2.75) is 6.18 Å². The lowest BCUT2D eigenvalue weighted by Gasteiger charge is -2.08. The zero-order chi connectivity index (χ0) is 14.0. The van der Waals surface area contributed by atoms with Crippen molar-refractivity contribution in [3.05, 3.63) is 47.7 Å². The number of rotatable bonds is 2. The highest BCUT2D eigenvalue weighted by atomic mass is 19.4. The van der Waals surface area contributed by atoms with Crippen LogP contribution in [0.3, 0.4) is 0 Å². The van der Waals surface area contributed by atoms with Gasteiger partial charge in [-0.15, -0.1) is 0 Å². The standard InChI is InChI=1S/C12H8F3NO3/c13-12(14,15)7-2-1-3-8(6-7)19-11(17)9-4-5-18-10(9)16/h1-6H,16H2. The topological polar surface area (TPSA) is 65.5 Å². The van der Waals surface area contributed by atoms with Crippen LogP contribution in [0.5, 0.6) is 5.75 Å². The lowest BCUT2D eigenvalue weighted by molar-refractivity contribution is -0.137. The molecule has 0 amide bonds. The number of alkyl halides is 3. The van der Waals surface area contributed by atoms with Crippen LogP contribution in [-0.2, 0) is 6.18 Å². The summed E-state index contributed by atoms with van der Waals surface area (Å²) in [5, 5.41) is 0. The van der Waals surface area contributed by atoms with Crippen LogP contribution in [0, 0.1) is 0 Å². The van der Waals surface area contributed by atoms with Crippen LogP contribution >= 0.6 is 0 Å². The maximum atomic E-state index is 12.5. The third kappa shape index (κ3) is 2.87. The van der Waals surface area contributed by atoms with Gasteiger partial charge in [0.05, 0.1) is 11.8 Å². The first-order chi connectivity index (χ1) is 8.88. The molecule has 0 aliphatic carbocycles. The maximum absolute atomic E-state index is 12.5. The normalized spacial score (nSPS) is 11.3. The minimum absolute atomic E-state index is 0.0441. The van der Waals surface area contributed by atoms with Gasteiger partial charge < -0.3 is 14.9 Å². The quantitative estimate of drug-likeness (QED) is 0.673. The highest BCUT2D eigenvalue weighted by Gasteiger charge is 2.30. The van der Waals surface area contributed by atoms with Crippen molar-refractivity contribution in [1.29, 1.82) is 0 Å². The molecular formula is C12H8F3NO3. The Hall–Kier alpha value is -2.44. The minimum Gasteiger partial charge on any atom is -0.448 e. The van der Waals surface area contributed by atoms with Crippen molar-refractivity contribution in [1.82, 2.24) is 0 Å². The number of anilines is 1. The van der Waals surface area contributed by atoms with Crippen LogP contribution in [0.15, 0.2) is 41.0 Å². The SMILES string of the molecule is Nc1occc1C(=O)Oc1cccc(C(F)(F)F)c1. The first-order valence-corrected chi connectivity index (χ1v) is 5.10. The first-order valence-electron chi connectivity index (χ1n) is 5.10. The molecule has 0 saturated carbocycles. The smallest absolute Gasteiger partial charge is 0.416 e. The maximum Gasteiger partial charge on any atom is 0.416 e. The van der Waals surface area contributed by atoms with E-state index in [-0.39, 0.29) is 17.2 Å². The summed E-state index contributed by atoms with van der Waals surface area (Å²) >= 11 is 0. The molecule has 1 aromatic carbocycles. The van der Waals surface area contributed by atoms with E-state index in [1.165, 1.54) is 18.4 Å². The molecule has 0 saturated heterocycles. The second-order valence-electron chi connectivity index (χ2n) is 3.61. The van der Waals surface area contributed by atoms with E-state index in [0.717, 1.165) is 18.2 Å². The van der Waals surface area contributed by atoms with E-state index >= 15 is 0 Å². The number of nitrogens with two attached hydrogens (primary N) is 1. The number of carbonyl (C=O) groups excluding carboxylic acids is 1. The van der Waals surface area contributed by atoms with Crippen LogP contribution in [0.2, 0.25) is 0 Å². The van der Waals surface area contributed by atoms with Gasteiger partial charge in [0, 0.05) is 0 Å². The van der Waals surface area contributed by atoms with Crippen molar-refractivity contribution in [3.8, 4) is 5.75 Å². The zero-order valence-corrected chi connectivity index (χ0v) is 9.40. The van der Waals surface area contributed by atoms with E-state index in [1.54, 1.807) is 0 Å². The lowest BCUT2D eigenvalue weighted by Crippen LogP contribution is -2.11. The Bertz CT molecular complexity index is 604. The number of esters is 1. The van der Waals surface area contributed by atoms with Gasteiger partial charge in [0.15, 0.2) is 0 Å². The average Bonchev–Trinajstić information content (AvgIpc) is 2.75. The van der Waals surface area contributed by atoms with Gasteiger partial charge in [-0.3, -0.25) is 0 Å². The number of ether oxygens (including phenoxy) is 1. The molecule has 0 fully saturated rings. The van der Waals surface area contributed by atoms with E-state index in [9.17, 15) is 18.0 Å². The number of carbonyl (C=O) groups is 1. The fourth-order valence-electron chi connectivity index (χ4n) is 1.39. The van der Waals surface area contributed by atoms with Gasteiger partial charge in [0.25, 0.3) is 0 Å². The molecule has 19 heavy (non-hydrogen) atoms. The van der Waals surface area contributed by atoms with Gasteiger partial charge in [-0.05, 0) is 24.3 Å². The molecule has 0 radical (unpaired) electrons. The molecule has 0 aliphatic heterocycles. The van der Waals surface area contributed by atoms with Gasteiger partial charge in [0.1, 0.15) is 11.3 Å². The Kier molecular flexibility index (Phi) is 3.20. The fraction of sp³-hybridized carbons (Fsp3) is 0.0833. The van der Waals surface area contributed by atoms with Gasteiger partial charge in [-0.1, -0.05) is 6.07 Å². The van der Waals surface area contributed by atoms with Crippen molar-refractivity contribution < 1.29 is 27.1 Å². The summed E-state index contributed by atoms with van der Waals surface area (Å²) < 4.78 is 46.9. The first kappa shape index (κ1) is 13.0. The molecule has 0 aliphatic rings. The Morgan fingerprint density at radius 2 is 2.00 bits per heavy atom. The summed E-state index contributed by atoms with van der Waals surface area (Å²) in [6.07, 6.45) is -3.32. The molecule has 2 aromatic rings. The molecule has 100 valence electrons. The number of hydrogen-bond donors (Lipinski definition) is 1. The van der Waals surface area contributed by atoms with Crippen molar-refractivity contribution in [2.24, 2.45) is 0 Å². The van der Waals surface area contributed by atoms with E-state index < -0.39 is 17.7 Å². The van der Waals surface area contributed by atoms with E-state index in [0.29, 0.717) is 0 Å². The molecule has 7 heteroatoms. The summed E-state index contributed by atoms with van der Waals surface area (Å²) in [6, 6.07) is 5.26. The van der Waals surface area contributed by atoms with Crippen molar-refractivity contribution in [3.63, 3.8) is 0 Å². The largest absolute Gasteiger partial charge is 0.448 e. The van der Waals surface area contributed by atoms with Crippen LogP contribution in [0.1, 0.15) is 15.9 Å². The van der Waals surface area contributed by atoms with Crippen LogP contribution < -0.4 is 10.5 Å². The van der Waals surface area contributed by atoms with Crippen molar-refractivity contribution in [2.75, 3.05) is 5.73 Å². The Morgan fingerprint density at radius 3 is 2.58 bits per heavy atom. The highest BCUT2D eigenvalue weighted by Crippen LogP contribution is 2.31. The highest BCUT2D eigenvalue weighted by molar-refractivity contribution is 5.95. The van der Waals surface area contributed by atoms with E-state index in [4.69, 9.17) is 14.9 Å². The molecule has 0 bridgehead atoms. The zero-order valence-electron chi connectivity index (χ0n) is 9.40. The van der Waals surface area contributed by atoms with E-state index in [1.807, 2.05) is 0 Å². The Labute approximate surface area is 105 Å². The predicted molar refractivity (Wildman–Crippen MR) is 59.5 cm³/mol. The minimum atomic E-state index is -4.50. The third-order valence-electron chi connectivity index (χ3n) is 2.29. The summed E-state index contributed by atoms with van der Waals surface area (Å²) in [5.41, 5.74) is 4.40. The number of hydrogen-bond acceptors (Lipinski definition) is 4. The van der Waals surface area contributed by atoms with Gasteiger partial charge in [-0.25, -0.2) is 4.79 Å².